The van der Waals surface area contributed by atoms with Gasteiger partial charge in [-0.25, -0.2) is 0 Å². The lowest BCUT2D eigenvalue weighted by Gasteiger charge is -2.26. The Balaban J connectivity index is 0.00000176. The van der Waals surface area contributed by atoms with Gasteiger partial charge in [0.1, 0.15) is 0 Å². The highest BCUT2D eigenvalue weighted by molar-refractivity contribution is 5.85. The molecule has 1 spiro atoms. The normalized spacial score (nSPS) is 22.0. The number of nitrogens with zero attached hydrogens (tertiary/aromatic N) is 1. The number of carbonyl (C=O) groups excluding carboxylic acids is 1. The third-order valence-electron chi connectivity index (χ3n) is 5.29. The van der Waals surface area contributed by atoms with Crippen LogP contribution in [0, 0.1) is 11.3 Å². The van der Waals surface area contributed by atoms with Crippen molar-refractivity contribution in [1.82, 2.24) is 10.2 Å². The van der Waals surface area contributed by atoms with Crippen molar-refractivity contribution < 1.29 is 4.79 Å². The summed E-state index contributed by atoms with van der Waals surface area (Å²) in [5, 5.41) is 3.40. The van der Waals surface area contributed by atoms with E-state index in [0.29, 0.717) is 17.2 Å². The lowest BCUT2D eigenvalue weighted by Crippen LogP contribution is -2.37. The maximum Gasteiger partial charge on any atom is 0.226 e. The molecule has 1 amide bonds. The number of nitrogens with one attached hydrogen (secondary N) is 1. The molecule has 2 fully saturated rings. The van der Waals surface area contributed by atoms with Gasteiger partial charge in [-0.15, -0.1) is 12.4 Å². The zero-order valence-corrected chi connectivity index (χ0v) is 14.2. The first-order chi connectivity index (χ1) is 10.2. The maximum absolute atomic E-state index is 12.7. The average Bonchev–Trinajstić information content (AvgIpc) is 3.22. The SMILES string of the molecule is CCN(CCc1ccccc1)C(=O)C1CC12CCNCC2.Cl. The fraction of sp³-hybridized carbons (Fsp3) is 0.611. The number of piperidine rings is 1. The number of benzene rings is 1. The molecule has 0 aromatic heterocycles. The number of hydrogen-bond acceptors (Lipinski definition) is 2. The summed E-state index contributed by atoms with van der Waals surface area (Å²) in [6.07, 6.45) is 4.44. The zero-order chi connectivity index (χ0) is 14.7. The molecule has 3 nitrogen and oxygen atoms in total. The largest absolute Gasteiger partial charge is 0.342 e. The Bertz CT molecular complexity index is 485. The van der Waals surface area contributed by atoms with Crippen LogP contribution in [0.2, 0.25) is 0 Å². The molecule has 1 atom stereocenters. The van der Waals surface area contributed by atoms with E-state index in [1.54, 1.807) is 0 Å². The molecule has 0 bridgehead atoms. The topological polar surface area (TPSA) is 32.3 Å². The van der Waals surface area contributed by atoms with Crippen molar-refractivity contribution in [1.29, 1.82) is 0 Å². The minimum Gasteiger partial charge on any atom is -0.342 e. The fourth-order valence-corrected chi connectivity index (χ4v) is 3.73. The molecule has 0 radical (unpaired) electrons. The van der Waals surface area contributed by atoms with Gasteiger partial charge in [-0.2, -0.15) is 0 Å². The van der Waals surface area contributed by atoms with Crippen LogP contribution >= 0.6 is 12.4 Å². The third kappa shape index (κ3) is 3.64. The van der Waals surface area contributed by atoms with Crippen LogP contribution in [0.25, 0.3) is 0 Å². The van der Waals surface area contributed by atoms with Crippen LogP contribution in [0.3, 0.4) is 0 Å². The molecule has 122 valence electrons. The molecule has 3 rings (SSSR count). The molecule has 4 heteroatoms. The summed E-state index contributed by atoms with van der Waals surface area (Å²) in [4.78, 5) is 14.8. The molecular weight excluding hydrogens is 296 g/mol. The Kier molecular flexibility index (Phi) is 5.87. The zero-order valence-electron chi connectivity index (χ0n) is 13.4. The van der Waals surface area contributed by atoms with Crippen LogP contribution < -0.4 is 5.32 Å². The van der Waals surface area contributed by atoms with Gasteiger partial charge in [0, 0.05) is 19.0 Å². The maximum atomic E-state index is 12.7. The second-order valence-corrected chi connectivity index (χ2v) is 6.52. The standard InChI is InChI=1S/C18H26N2O.ClH/c1-2-20(13-8-15-6-4-3-5-7-15)17(21)16-14-18(16)9-11-19-12-10-18;/h3-7,16,19H,2,8-14H2,1H3;1H. The van der Waals surface area contributed by atoms with Crippen LogP contribution in [0.15, 0.2) is 30.3 Å². The molecule has 1 aliphatic heterocycles. The van der Waals surface area contributed by atoms with Crippen LogP contribution in [0.4, 0.5) is 0 Å². The number of likely N-dealkylation sites (N-methyl/N-ethyl adjacent to an activating group) is 1. The molecule has 1 saturated carbocycles. The summed E-state index contributed by atoms with van der Waals surface area (Å²) in [5.41, 5.74) is 1.67. The summed E-state index contributed by atoms with van der Waals surface area (Å²) in [5.74, 6) is 0.700. The molecule has 1 heterocycles. The van der Waals surface area contributed by atoms with E-state index in [2.05, 4.69) is 41.4 Å². The number of carbonyl (C=O) groups is 1. The van der Waals surface area contributed by atoms with Gasteiger partial charge in [0.05, 0.1) is 0 Å². The fourth-order valence-electron chi connectivity index (χ4n) is 3.73. The molecule has 1 aromatic rings. The molecular formula is C18H27ClN2O. The highest BCUT2D eigenvalue weighted by Gasteiger charge is 2.58. The van der Waals surface area contributed by atoms with Crippen molar-refractivity contribution in [2.75, 3.05) is 26.2 Å². The summed E-state index contributed by atoms with van der Waals surface area (Å²) in [7, 11) is 0. The molecule has 2 aliphatic rings. The van der Waals surface area contributed by atoms with Crippen LogP contribution in [0.5, 0.6) is 0 Å². The van der Waals surface area contributed by atoms with Crippen molar-refractivity contribution in [3.05, 3.63) is 35.9 Å². The van der Waals surface area contributed by atoms with Crippen molar-refractivity contribution >= 4 is 18.3 Å². The van der Waals surface area contributed by atoms with Gasteiger partial charge >= 0.3 is 0 Å². The van der Waals surface area contributed by atoms with E-state index in [1.807, 2.05) is 6.07 Å². The van der Waals surface area contributed by atoms with Crippen LogP contribution in [-0.2, 0) is 11.2 Å². The predicted molar refractivity (Wildman–Crippen MR) is 92.3 cm³/mol. The predicted octanol–water partition coefficient (Wildman–Crippen LogP) is 2.89. The minimum atomic E-state index is 0. The van der Waals surface area contributed by atoms with Gasteiger partial charge in [-0.3, -0.25) is 4.79 Å². The summed E-state index contributed by atoms with van der Waals surface area (Å²) in [6, 6.07) is 10.5. The van der Waals surface area contributed by atoms with E-state index in [1.165, 1.54) is 18.4 Å². The lowest BCUT2D eigenvalue weighted by atomic mass is 9.91. The third-order valence-corrected chi connectivity index (χ3v) is 5.29. The van der Waals surface area contributed by atoms with E-state index in [0.717, 1.165) is 39.0 Å². The average molecular weight is 323 g/mol. The summed E-state index contributed by atoms with van der Waals surface area (Å²) in [6.45, 7) is 5.95. The lowest BCUT2D eigenvalue weighted by molar-refractivity contribution is -0.133. The van der Waals surface area contributed by atoms with E-state index in [4.69, 9.17) is 0 Å². The van der Waals surface area contributed by atoms with Gasteiger partial charge in [-0.1, -0.05) is 30.3 Å². The molecule has 1 saturated heterocycles. The van der Waals surface area contributed by atoms with Gasteiger partial charge in [-0.05, 0) is 56.7 Å². The van der Waals surface area contributed by atoms with E-state index >= 15 is 0 Å². The summed E-state index contributed by atoms with van der Waals surface area (Å²) >= 11 is 0. The molecule has 1 N–H and O–H groups in total. The van der Waals surface area contributed by atoms with Crippen molar-refractivity contribution in [3.8, 4) is 0 Å². The van der Waals surface area contributed by atoms with Gasteiger partial charge < -0.3 is 10.2 Å². The first kappa shape index (κ1) is 17.3. The van der Waals surface area contributed by atoms with Gasteiger partial charge in [0.25, 0.3) is 0 Å². The smallest absolute Gasteiger partial charge is 0.226 e. The Hall–Kier alpha value is -1.06. The van der Waals surface area contributed by atoms with Gasteiger partial charge in [0.2, 0.25) is 5.91 Å². The Morgan fingerprint density at radius 1 is 1.27 bits per heavy atom. The van der Waals surface area contributed by atoms with E-state index in [9.17, 15) is 4.79 Å². The minimum absolute atomic E-state index is 0. The summed E-state index contributed by atoms with van der Waals surface area (Å²) < 4.78 is 0. The number of halogens is 1. The highest BCUT2D eigenvalue weighted by atomic mass is 35.5. The second-order valence-electron chi connectivity index (χ2n) is 6.52. The molecule has 1 aromatic carbocycles. The number of hydrogen-bond donors (Lipinski definition) is 1. The van der Waals surface area contributed by atoms with Crippen molar-refractivity contribution in [2.24, 2.45) is 11.3 Å². The first-order valence-corrected chi connectivity index (χ1v) is 8.28. The van der Waals surface area contributed by atoms with Crippen molar-refractivity contribution in [3.63, 3.8) is 0 Å². The number of rotatable bonds is 5. The van der Waals surface area contributed by atoms with Crippen molar-refractivity contribution in [2.45, 2.75) is 32.6 Å². The molecule has 1 aliphatic carbocycles. The van der Waals surface area contributed by atoms with E-state index < -0.39 is 0 Å². The van der Waals surface area contributed by atoms with Crippen LogP contribution in [-0.4, -0.2) is 37.0 Å². The first-order valence-electron chi connectivity index (χ1n) is 8.28. The Morgan fingerprint density at radius 3 is 2.59 bits per heavy atom. The quantitative estimate of drug-likeness (QED) is 0.904. The Labute approximate surface area is 139 Å². The van der Waals surface area contributed by atoms with Gasteiger partial charge in [0.15, 0.2) is 0 Å². The second kappa shape index (κ2) is 7.47. The highest BCUT2D eigenvalue weighted by Crippen LogP contribution is 2.59. The van der Waals surface area contributed by atoms with Crippen LogP contribution in [0.1, 0.15) is 31.7 Å². The Morgan fingerprint density at radius 2 is 1.95 bits per heavy atom. The molecule has 1 unspecified atom stereocenters. The van der Waals surface area contributed by atoms with E-state index in [-0.39, 0.29) is 12.4 Å². The number of amides is 1. The monoisotopic (exact) mass is 322 g/mol. The molecule has 22 heavy (non-hydrogen) atoms.